The quantitative estimate of drug-likeness (QED) is 0.418. The van der Waals surface area contributed by atoms with Crippen LogP contribution < -0.4 is 0 Å². The van der Waals surface area contributed by atoms with E-state index in [1.165, 1.54) is 0 Å². The third-order valence-electron chi connectivity index (χ3n) is 4.21. The predicted octanol–water partition coefficient (Wildman–Crippen LogP) is 4.87. The van der Waals surface area contributed by atoms with E-state index in [1.807, 2.05) is 47.4 Å². The van der Waals surface area contributed by atoms with Gasteiger partial charge >= 0.3 is 0 Å². The maximum absolute atomic E-state index is 12.8. The van der Waals surface area contributed by atoms with Crippen molar-refractivity contribution >= 4 is 21.8 Å². The van der Waals surface area contributed by atoms with Crippen LogP contribution in [0.15, 0.2) is 72.8 Å². The molecule has 3 rings (SSSR count). The SMILES string of the molecule is CC/C=C/[C@]1(Br)C(=O)N(Cc2ccccc2)[C@H]1c1ccccc1. The molecule has 1 amide bonds. The Labute approximate surface area is 146 Å². The van der Waals surface area contributed by atoms with Crippen molar-refractivity contribution in [2.24, 2.45) is 0 Å². The van der Waals surface area contributed by atoms with E-state index in [0.29, 0.717) is 6.54 Å². The minimum atomic E-state index is -0.626. The van der Waals surface area contributed by atoms with E-state index in [2.05, 4.69) is 53.2 Å². The topological polar surface area (TPSA) is 20.3 Å². The first-order valence-electron chi connectivity index (χ1n) is 7.93. The Morgan fingerprint density at radius 1 is 1.09 bits per heavy atom. The lowest BCUT2D eigenvalue weighted by Crippen LogP contribution is -2.63. The number of hydrogen-bond acceptors (Lipinski definition) is 1. The van der Waals surface area contributed by atoms with E-state index >= 15 is 0 Å². The van der Waals surface area contributed by atoms with Crippen molar-refractivity contribution in [3.63, 3.8) is 0 Å². The first kappa shape index (κ1) is 16.0. The average molecular weight is 370 g/mol. The van der Waals surface area contributed by atoms with Crippen molar-refractivity contribution < 1.29 is 4.79 Å². The second-order valence-electron chi connectivity index (χ2n) is 5.81. The van der Waals surface area contributed by atoms with Crippen molar-refractivity contribution in [1.82, 2.24) is 4.90 Å². The molecule has 0 N–H and O–H groups in total. The second-order valence-corrected chi connectivity index (χ2v) is 7.12. The molecule has 1 heterocycles. The number of allylic oxidation sites excluding steroid dienone is 1. The molecule has 0 aromatic heterocycles. The number of halogens is 1. The molecule has 2 nitrogen and oxygen atoms in total. The fourth-order valence-corrected chi connectivity index (χ4v) is 3.99. The van der Waals surface area contributed by atoms with Gasteiger partial charge in [0.15, 0.2) is 0 Å². The number of amides is 1. The summed E-state index contributed by atoms with van der Waals surface area (Å²) in [6.45, 7) is 2.71. The van der Waals surface area contributed by atoms with Crippen LogP contribution in [-0.2, 0) is 11.3 Å². The van der Waals surface area contributed by atoms with E-state index in [0.717, 1.165) is 17.5 Å². The van der Waals surface area contributed by atoms with Gasteiger partial charge in [-0.1, -0.05) is 95.7 Å². The van der Waals surface area contributed by atoms with E-state index in [-0.39, 0.29) is 11.9 Å². The van der Waals surface area contributed by atoms with Crippen molar-refractivity contribution in [3.8, 4) is 0 Å². The van der Waals surface area contributed by atoms with Gasteiger partial charge in [-0.25, -0.2) is 0 Å². The summed E-state index contributed by atoms with van der Waals surface area (Å²) in [6, 6.07) is 20.4. The van der Waals surface area contributed by atoms with Crippen LogP contribution in [0.25, 0.3) is 0 Å². The first-order valence-corrected chi connectivity index (χ1v) is 8.72. The van der Waals surface area contributed by atoms with Crippen molar-refractivity contribution in [1.29, 1.82) is 0 Å². The Kier molecular flexibility index (Phi) is 4.67. The zero-order chi connectivity index (χ0) is 16.3. The summed E-state index contributed by atoms with van der Waals surface area (Å²) >= 11 is 3.71. The number of carbonyl (C=O) groups is 1. The van der Waals surface area contributed by atoms with Crippen LogP contribution in [0.1, 0.15) is 30.5 Å². The number of β-lactam (4-membered cyclic amide) rings is 1. The van der Waals surface area contributed by atoms with Gasteiger partial charge in [0, 0.05) is 6.54 Å². The van der Waals surface area contributed by atoms with Gasteiger partial charge in [-0.2, -0.15) is 0 Å². The molecule has 0 bridgehead atoms. The lowest BCUT2D eigenvalue weighted by Gasteiger charge is -2.52. The molecular formula is C20H20BrNO. The zero-order valence-corrected chi connectivity index (χ0v) is 14.7. The highest BCUT2D eigenvalue weighted by Crippen LogP contribution is 2.50. The summed E-state index contributed by atoms with van der Waals surface area (Å²) in [5, 5.41) is 0. The molecule has 0 spiro atoms. The van der Waals surface area contributed by atoms with E-state index < -0.39 is 4.32 Å². The lowest BCUT2D eigenvalue weighted by atomic mass is 9.81. The van der Waals surface area contributed by atoms with E-state index in [4.69, 9.17) is 0 Å². The minimum Gasteiger partial charge on any atom is -0.327 e. The lowest BCUT2D eigenvalue weighted by molar-refractivity contribution is -0.150. The Hall–Kier alpha value is -1.87. The first-order chi connectivity index (χ1) is 11.2. The molecule has 2 aromatic rings. The molecule has 1 fully saturated rings. The summed E-state index contributed by atoms with van der Waals surface area (Å²) in [7, 11) is 0. The number of carbonyl (C=O) groups excluding carboxylic acids is 1. The largest absolute Gasteiger partial charge is 0.327 e. The highest BCUT2D eigenvalue weighted by Gasteiger charge is 2.57. The number of hydrogen-bond donors (Lipinski definition) is 0. The molecule has 1 saturated heterocycles. The van der Waals surface area contributed by atoms with Gasteiger partial charge in [0.05, 0.1) is 6.04 Å². The third-order valence-corrected chi connectivity index (χ3v) is 5.24. The number of rotatable bonds is 5. The normalized spacial score (nSPS) is 24.0. The molecule has 0 radical (unpaired) electrons. The maximum Gasteiger partial charge on any atom is 0.246 e. The highest BCUT2D eigenvalue weighted by atomic mass is 79.9. The fourth-order valence-electron chi connectivity index (χ4n) is 3.07. The molecule has 1 aliphatic heterocycles. The Morgan fingerprint density at radius 3 is 2.30 bits per heavy atom. The van der Waals surface area contributed by atoms with Gasteiger partial charge < -0.3 is 4.90 Å². The van der Waals surface area contributed by atoms with Gasteiger partial charge in [-0.05, 0) is 17.5 Å². The van der Waals surface area contributed by atoms with Crippen LogP contribution in [0.4, 0.5) is 0 Å². The van der Waals surface area contributed by atoms with Crippen LogP contribution >= 0.6 is 15.9 Å². The average Bonchev–Trinajstić information content (AvgIpc) is 2.61. The van der Waals surface area contributed by atoms with Crippen LogP contribution in [0.3, 0.4) is 0 Å². The Balaban J connectivity index is 1.93. The molecule has 2 atom stereocenters. The molecule has 3 heteroatoms. The third kappa shape index (κ3) is 2.98. The van der Waals surface area contributed by atoms with Crippen LogP contribution in [0.2, 0.25) is 0 Å². The summed E-state index contributed by atoms with van der Waals surface area (Å²) in [5.41, 5.74) is 2.30. The van der Waals surface area contributed by atoms with E-state index in [1.54, 1.807) is 0 Å². The van der Waals surface area contributed by atoms with Gasteiger partial charge in [0.25, 0.3) is 0 Å². The summed E-state index contributed by atoms with van der Waals surface area (Å²) in [6.07, 6.45) is 4.98. The Bertz CT molecular complexity index is 698. The minimum absolute atomic E-state index is 0.0132. The molecular weight excluding hydrogens is 350 g/mol. The number of alkyl halides is 1. The molecule has 1 aliphatic rings. The van der Waals surface area contributed by atoms with Crippen LogP contribution in [0, 0.1) is 0 Å². The molecule has 0 unspecified atom stereocenters. The molecule has 118 valence electrons. The highest BCUT2D eigenvalue weighted by molar-refractivity contribution is 9.10. The number of nitrogens with zero attached hydrogens (tertiary/aromatic N) is 1. The van der Waals surface area contributed by atoms with Crippen molar-refractivity contribution in [2.45, 2.75) is 30.3 Å². The van der Waals surface area contributed by atoms with E-state index in [9.17, 15) is 4.79 Å². The monoisotopic (exact) mass is 369 g/mol. The van der Waals surface area contributed by atoms with Gasteiger partial charge in [-0.3, -0.25) is 4.79 Å². The predicted molar refractivity (Wildman–Crippen MR) is 97.3 cm³/mol. The van der Waals surface area contributed by atoms with Crippen LogP contribution in [0.5, 0.6) is 0 Å². The van der Waals surface area contributed by atoms with Crippen LogP contribution in [-0.4, -0.2) is 15.1 Å². The Morgan fingerprint density at radius 2 is 1.70 bits per heavy atom. The zero-order valence-electron chi connectivity index (χ0n) is 13.2. The maximum atomic E-state index is 12.8. The molecule has 2 aromatic carbocycles. The van der Waals surface area contributed by atoms with Crippen molar-refractivity contribution in [3.05, 3.63) is 83.9 Å². The number of likely N-dealkylation sites (tertiary alicyclic amines) is 1. The van der Waals surface area contributed by atoms with Gasteiger partial charge in [0.1, 0.15) is 4.32 Å². The van der Waals surface area contributed by atoms with Crippen molar-refractivity contribution in [2.75, 3.05) is 0 Å². The summed E-state index contributed by atoms with van der Waals surface area (Å²) < 4.78 is -0.626. The van der Waals surface area contributed by atoms with Gasteiger partial charge in [-0.15, -0.1) is 0 Å². The fraction of sp³-hybridized carbons (Fsp3) is 0.250. The second kappa shape index (κ2) is 6.71. The van der Waals surface area contributed by atoms with Gasteiger partial charge in [0.2, 0.25) is 5.91 Å². The standard InChI is InChI=1S/C20H20BrNO/c1-2-3-14-20(21)18(17-12-8-5-9-13-17)22(19(20)23)15-16-10-6-4-7-11-16/h3-14,18H,2,15H2,1H3/b14-3+/t18-,20+/m0/s1. The molecule has 0 aliphatic carbocycles. The molecule has 0 saturated carbocycles. The molecule has 23 heavy (non-hydrogen) atoms. The smallest absolute Gasteiger partial charge is 0.246 e. The number of benzene rings is 2. The summed E-state index contributed by atoms with van der Waals surface area (Å²) in [4.78, 5) is 14.7. The summed E-state index contributed by atoms with van der Waals surface area (Å²) in [5.74, 6) is 0.125.